The maximum Gasteiger partial charge on any atom is 0.0947 e. The Kier molecular flexibility index (Phi) is 4.47. The summed E-state index contributed by atoms with van der Waals surface area (Å²) in [4.78, 5) is 5.72. The number of hydrogen-bond acceptors (Lipinski definition) is 5. The zero-order valence-electron chi connectivity index (χ0n) is 8.83. The second-order valence-corrected chi connectivity index (χ2v) is 4.56. The molecule has 4 nitrogen and oxygen atoms in total. The molecule has 0 saturated heterocycles. The minimum absolute atomic E-state index is 0.143. The predicted molar refractivity (Wildman–Crippen MR) is 58.3 cm³/mol. The van der Waals surface area contributed by atoms with Gasteiger partial charge >= 0.3 is 0 Å². The number of aromatic nitrogens is 1. The van der Waals surface area contributed by atoms with Crippen molar-refractivity contribution < 1.29 is 4.74 Å². The predicted octanol–water partition coefficient (Wildman–Crippen LogP) is 0.781. The van der Waals surface area contributed by atoms with Crippen molar-refractivity contribution in [1.29, 1.82) is 0 Å². The first-order valence-electron chi connectivity index (χ1n) is 4.55. The van der Waals surface area contributed by atoms with Gasteiger partial charge in [-0.3, -0.25) is 11.3 Å². The SMILES string of the molecule is COCC(Cc1nc(C)c(C)s1)NN. The van der Waals surface area contributed by atoms with Crippen molar-refractivity contribution in [3.8, 4) is 0 Å². The van der Waals surface area contributed by atoms with Crippen LogP contribution in [0.1, 0.15) is 15.6 Å². The molecular weight excluding hydrogens is 198 g/mol. The largest absolute Gasteiger partial charge is 0.383 e. The topological polar surface area (TPSA) is 60.2 Å². The second-order valence-electron chi connectivity index (χ2n) is 3.27. The second kappa shape index (κ2) is 5.41. The molecule has 0 aliphatic carbocycles. The number of thiazole rings is 1. The van der Waals surface area contributed by atoms with E-state index in [-0.39, 0.29) is 6.04 Å². The average Bonchev–Trinajstić information content (AvgIpc) is 2.45. The third kappa shape index (κ3) is 3.02. The zero-order chi connectivity index (χ0) is 10.6. The Bertz CT molecular complexity index is 268. The van der Waals surface area contributed by atoms with Crippen molar-refractivity contribution in [3.05, 3.63) is 15.6 Å². The Hall–Kier alpha value is -0.490. The van der Waals surface area contributed by atoms with Gasteiger partial charge in [-0.25, -0.2) is 4.98 Å². The van der Waals surface area contributed by atoms with Crippen LogP contribution >= 0.6 is 11.3 Å². The van der Waals surface area contributed by atoms with Crippen LogP contribution in [0, 0.1) is 13.8 Å². The molecule has 1 aromatic rings. The van der Waals surface area contributed by atoms with Gasteiger partial charge in [-0.1, -0.05) is 0 Å². The van der Waals surface area contributed by atoms with E-state index in [2.05, 4.69) is 17.3 Å². The van der Waals surface area contributed by atoms with Crippen molar-refractivity contribution in [2.24, 2.45) is 5.84 Å². The average molecular weight is 215 g/mol. The van der Waals surface area contributed by atoms with Gasteiger partial charge in [0.15, 0.2) is 0 Å². The fourth-order valence-corrected chi connectivity index (χ4v) is 2.22. The van der Waals surface area contributed by atoms with Crippen LogP contribution in [0.15, 0.2) is 0 Å². The van der Waals surface area contributed by atoms with Gasteiger partial charge in [0.05, 0.1) is 23.4 Å². The van der Waals surface area contributed by atoms with Gasteiger partial charge < -0.3 is 4.74 Å². The quantitative estimate of drug-likeness (QED) is 0.563. The number of nitrogens with zero attached hydrogens (tertiary/aromatic N) is 1. The molecule has 3 N–H and O–H groups in total. The molecule has 0 aromatic carbocycles. The smallest absolute Gasteiger partial charge is 0.0947 e. The molecule has 0 amide bonds. The lowest BCUT2D eigenvalue weighted by atomic mass is 10.2. The molecule has 0 radical (unpaired) electrons. The van der Waals surface area contributed by atoms with E-state index in [9.17, 15) is 0 Å². The number of rotatable bonds is 5. The number of hydrazine groups is 1. The monoisotopic (exact) mass is 215 g/mol. The van der Waals surface area contributed by atoms with E-state index >= 15 is 0 Å². The summed E-state index contributed by atoms with van der Waals surface area (Å²) in [6.07, 6.45) is 0.823. The fraction of sp³-hybridized carbons (Fsp3) is 0.667. The molecular formula is C9H17N3OS. The molecule has 0 bridgehead atoms. The minimum Gasteiger partial charge on any atom is -0.383 e. The summed E-state index contributed by atoms with van der Waals surface area (Å²) in [6, 6.07) is 0.143. The molecule has 1 atom stereocenters. The van der Waals surface area contributed by atoms with Crippen LogP contribution < -0.4 is 11.3 Å². The molecule has 0 spiro atoms. The Balaban J connectivity index is 2.57. The Morgan fingerprint density at radius 1 is 1.57 bits per heavy atom. The van der Waals surface area contributed by atoms with E-state index in [0.717, 1.165) is 17.1 Å². The van der Waals surface area contributed by atoms with Gasteiger partial charge in [0, 0.05) is 18.4 Å². The van der Waals surface area contributed by atoms with Gasteiger partial charge in [0.1, 0.15) is 0 Å². The number of aryl methyl sites for hydroxylation is 2. The molecule has 1 heterocycles. The molecule has 14 heavy (non-hydrogen) atoms. The van der Waals surface area contributed by atoms with Crippen LogP contribution in [-0.4, -0.2) is 24.7 Å². The van der Waals surface area contributed by atoms with E-state index in [1.807, 2.05) is 6.92 Å². The van der Waals surface area contributed by atoms with Gasteiger partial charge in [0.2, 0.25) is 0 Å². The minimum atomic E-state index is 0.143. The molecule has 1 rings (SSSR count). The van der Waals surface area contributed by atoms with Crippen LogP contribution in [0.5, 0.6) is 0 Å². The van der Waals surface area contributed by atoms with E-state index < -0.39 is 0 Å². The number of nitrogens with one attached hydrogen (secondary N) is 1. The fourth-order valence-electron chi connectivity index (χ4n) is 1.20. The summed E-state index contributed by atoms with van der Waals surface area (Å²) < 4.78 is 5.04. The molecule has 5 heteroatoms. The van der Waals surface area contributed by atoms with Crippen LogP contribution in [0.3, 0.4) is 0 Å². The molecule has 0 fully saturated rings. The van der Waals surface area contributed by atoms with Crippen LogP contribution in [0.25, 0.3) is 0 Å². The molecule has 0 saturated carbocycles. The summed E-state index contributed by atoms with van der Waals surface area (Å²) in [5.41, 5.74) is 3.83. The standard InChI is InChI=1S/C9H17N3OS/c1-6-7(2)14-9(11-6)4-8(12-10)5-13-3/h8,12H,4-5,10H2,1-3H3. The summed E-state index contributed by atoms with van der Waals surface area (Å²) in [5.74, 6) is 5.40. The van der Waals surface area contributed by atoms with Crippen LogP contribution in [-0.2, 0) is 11.2 Å². The highest BCUT2D eigenvalue weighted by Gasteiger charge is 2.11. The molecule has 0 aliphatic heterocycles. The third-order valence-corrected chi connectivity index (χ3v) is 3.19. The van der Waals surface area contributed by atoms with Gasteiger partial charge in [-0.2, -0.15) is 0 Å². The lowest BCUT2D eigenvalue weighted by molar-refractivity contribution is 0.166. The van der Waals surface area contributed by atoms with Crippen molar-refractivity contribution >= 4 is 11.3 Å². The summed E-state index contributed by atoms with van der Waals surface area (Å²) >= 11 is 1.72. The first-order valence-corrected chi connectivity index (χ1v) is 5.37. The summed E-state index contributed by atoms with van der Waals surface area (Å²) in [7, 11) is 1.67. The van der Waals surface area contributed by atoms with Crippen LogP contribution in [0.4, 0.5) is 0 Å². The van der Waals surface area contributed by atoms with Crippen molar-refractivity contribution in [2.75, 3.05) is 13.7 Å². The number of hydrogen-bond donors (Lipinski definition) is 2. The van der Waals surface area contributed by atoms with E-state index in [1.54, 1.807) is 18.4 Å². The maximum absolute atomic E-state index is 5.40. The van der Waals surface area contributed by atoms with E-state index in [1.165, 1.54) is 4.88 Å². The molecule has 0 aliphatic rings. The Morgan fingerprint density at radius 2 is 2.29 bits per heavy atom. The zero-order valence-corrected chi connectivity index (χ0v) is 9.65. The van der Waals surface area contributed by atoms with E-state index in [4.69, 9.17) is 10.6 Å². The van der Waals surface area contributed by atoms with Gasteiger partial charge in [-0.05, 0) is 13.8 Å². The normalized spacial score (nSPS) is 13.1. The highest BCUT2D eigenvalue weighted by molar-refractivity contribution is 7.11. The molecule has 1 aromatic heterocycles. The first kappa shape index (κ1) is 11.6. The van der Waals surface area contributed by atoms with Gasteiger partial charge in [-0.15, -0.1) is 11.3 Å². The molecule has 1 unspecified atom stereocenters. The van der Waals surface area contributed by atoms with E-state index in [0.29, 0.717) is 6.61 Å². The maximum atomic E-state index is 5.40. The molecule has 80 valence electrons. The Labute approximate surface area is 88.5 Å². The number of ether oxygens (including phenoxy) is 1. The number of nitrogens with two attached hydrogens (primary N) is 1. The lowest BCUT2D eigenvalue weighted by Crippen LogP contribution is -2.40. The highest BCUT2D eigenvalue weighted by Crippen LogP contribution is 2.17. The lowest BCUT2D eigenvalue weighted by Gasteiger charge is -2.12. The van der Waals surface area contributed by atoms with Crippen molar-refractivity contribution in [3.63, 3.8) is 0 Å². The summed E-state index contributed by atoms with van der Waals surface area (Å²) in [5, 5.41) is 1.11. The van der Waals surface area contributed by atoms with Gasteiger partial charge in [0.25, 0.3) is 0 Å². The van der Waals surface area contributed by atoms with Crippen molar-refractivity contribution in [1.82, 2.24) is 10.4 Å². The third-order valence-electron chi connectivity index (χ3n) is 2.10. The highest BCUT2D eigenvalue weighted by atomic mass is 32.1. The Morgan fingerprint density at radius 3 is 2.71 bits per heavy atom. The first-order chi connectivity index (χ1) is 6.67. The van der Waals surface area contributed by atoms with Crippen molar-refractivity contribution in [2.45, 2.75) is 26.3 Å². The number of methoxy groups -OCH3 is 1. The van der Waals surface area contributed by atoms with Crippen LogP contribution in [0.2, 0.25) is 0 Å². The summed E-state index contributed by atoms with van der Waals surface area (Å²) in [6.45, 7) is 4.71.